The zero-order valence-electron chi connectivity index (χ0n) is 18.2. The van der Waals surface area contributed by atoms with Gasteiger partial charge in [0.2, 0.25) is 5.91 Å². The third-order valence-corrected chi connectivity index (χ3v) is 6.19. The van der Waals surface area contributed by atoms with Crippen LogP contribution >= 0.6 is 0 Å². The summed E-state index contributed by atoms with van der Waals surface area (Å²) in [4.78, 5) is 35.2. The summed E-state index contributed by atoms with van der Waals surface area (Å²) in [5, 5.41) is 0. The van der Waals surface area contributed by atoms with E-state index in [1.165, 1.54) is 0 Å². The van der Waals surface area contributed by atoms with Gasteiger partial charge in [-0.15, -0.1) is 0 Å². The second-order valence-electron chi connectivity index (χ2n) is 8.37. The van der Waals surface area contributed by atoms with Crippen molar-refractivity contribution in [3.05, 3.63) is 59.9 Å². The molecule has 2 aliphatic heterocycles. The fraction of sp³-hybridized carbons (Fsp3) is 0.458. The van der Waals surface area contributed by atoms with Crippen LogP contribution in [-0.2, 0) is 11.3 Å². The molecule has 3 heterocycles. The van der Waals surface area contributed by atoms with Crippen LogP contribution in [0, 0.1) is 0 Å². The van der Waals surface area contributed by atoms with Gasteiger partial charge in [-0.2, -0.15) is 0 Å². The second-order valence-corrected chi connectivity index (χ2v) is 8.37. The fourth-order valence-electron chi connectivity index (χ4n) is 4.23. The Hall–Kier alpha value is -2.93. The lowest BCUT2D eigenvalue weighted by Crippen LogP contribution is -2.56. The zero-order valence-corrected chi connectivity index (χ0v) is 18.2. The van der Waals surface area contributed by atoms with Gasteiger partial charge in [0.1, 0.15) is 17.9 Å². The Labute approximate surface area is 183 Å². The van der Waals surface area contributed by atoms with Gasteiger partial charge in [0, 0.05) is 51.5 Å². The van der Waals surface area contributed by atoms with Crippen molar-refractivity contribution < 1.29 is 14.3 Å². The molecule has 0 N–H and O–H groups in total. The molecule has 0 aliphatic carbocycles. The molecule has 1 aromatic heterocycles. The maximum absolute atomic E-state index is 12.9. The molecule has 2 saturated heterocycles. The van der Waals surface area contributed by atoms with Crippen molar-refractivity contribution in [2.24, 2.45) is 0 Å². The lowest BCUT2D eigenvalue weighted by molar-refractivity contribution is -0.137. The SMILES string of the molecule is C[C@H]1C(=O)N(C)CCN1C(=O)c1ccc(OC2CCN(Cc3ccccn3)CC2)cc1. The van der Waals surface area contributed by atoms with Crippen LogP contribution in [0.5, 0.6) is 5.75 Å². The maximum atomic E-state index is 12.9. The molecule has 2 aliphatic rings. The van der Waals surface area contributed by atoms with Crippen molar-refractivity contribution in [1.29, 1.82) is 0 Å². The second kappa shape index (κ2) is 9.47. The van der Waals surface area contributed by atoms with Gasteiger partial charge < -0.3 is 14.5 Å². The Bertz CT molecular complexity index is 895. The highest BCUT2D eigenvalue weighted by atomic mass is 16.5. The number of likely N-dealkylation sites (N-methyl/N-ethyl adjacent to an activating group) is 1. The Morgan fingerprint density at radius 3 is 2.48 bits per heavy atom. The first-order chi connectivity index (χ1) is 15.0. The summed E-state index contributed by atoms with van der Waals surface area (Å²) < 4.78 is 6.16. The Morgan fingerprint density at radius 2 is 1.81 bits per heavy atom. The molecular formula is C24H30N4O3. The third kappa shape index (κ3) is 5.05. The molecule has 1 atom stereocenters. The lowest BCUT2D eigenvalue weighted by Gasteiger charge is -2.37. The molecule has 2 fully saturated rings. The van der Waals surface area contributed by atoms with E-state index >= 15 is 0 Å². The van der Waals surface area contributed by atoms with Crippen LogP contribution in [0.1, 0.15) is 35.8 Å². The summed E-state index contributed by atoms with van der Waals surface area (Å²) in [6.07, 6.45) is 3.95. The number of rotatable bonds is 5. The van der Waals surface area contributed by atoms with Gasteiger partial charge in [0.15, 0.2) is 0 Å². The fourth-order valence-corrected chi connectivity index (χ4v) is 4.23. The smallest absolute Gasteiger partial charge is 0.254 e. The van der Waals surface area contributed by atoms with E-state index in [0.29, 0.717) is 18.7 Å². The summed E-state index contributed by atoms with van der Waals surface area (Å²) in [7, 11) is 1.77. The Balaban J connectivity index is 1.28. The molecule has 0 saturated carbocycles. The molecule has 1 aromatic carbocycles. The van der Waals surface area contributed by atoms with Crippen LogP contribution < -0.4 is 4.74 Å². The zero-order chi connectivity index (χ0) is 21.8. The van der Waals surface area contributed by atoms with Crippen LogP contribution in [0.2, 0.25) is 0 Å². The van der Waals surface area contributed by atoms with Crippen molar-refractivity contribution in [2.45, 2.75) is 38.5 Å². The molecule has 4 rings (SSSR count). The lowest BCUT2D eigenvalue weighted by atomic mass is 10.1. The van der Waals surface area contributed by atoms with Gasteiger partial charge in [0.05, 0.1) is 5.69 Å². The minimum absolute atomic E-state index is 0.0195. The normalized spacial score (nSPS) is 20.7. The number of aromatic nitrogens is 1. The quantitative estimate of drug-likeness (QED) is 0.741. The van der Waals surface area contributed by atoms with Gasteiger partial charge in [-0.05, 0) is 56.2 Å². The van der Waals surface area contributed by atoms with E-state index in [-0.39, 0.29) is 17.9 Å². The number of ether oxygens (including phenoxy) is 1. The highest BCUT2D eigenvalue weighted by Crippen LogP contribution is 2.22. The average Bonchev–Trinajstić information content (AvgIpc) is 2.80. The van der Waals surface area contributed by atoms with Gasteiger partial charge in [-0.25, -0.2) is 0 Å². The summed E-state index contributed by atoms with van der Waals surface area (Å²) in [5.41, 5.74) is 1.68. The number of pyridine rings is 1. The number of piperazine rings is 1. The number of amides is 2. The van der Waals surface area contributed by atoms with Crippen molar-refractivity contribution in [3.63, 3.8) is 0 Å². The monoisotopic (exact) mass is 422 g/mol. The number of benzene rings is 1. The van der Waals surface area contributed by atoms with Crippen LogP contribution in [0.3, 0.4) is 0 Å². The van der Waals surface area contributed by atoms with Crippen LogP contribution in [0.25, 0.3) is 0 Å². The van der Waals surface area contributed by atoms with E-state index in [9.17, 15) is 9.59 Å². The molecule has 7 nitrogen and oxygen atoms in total. The topological polar surface area (TPSA) is 66.0 Å². The summed E-state index contributed by atoms with van der Waals surface area (Å²) in [5.74, 6) is 0.652. The van der Waals surface area contributed by atoms with Crippen LogP contribution in [0.15, 0.2) is 48.7 Å². The molecule has 2 aromatic rings. The molecule has 164 valence electrons. The first-order valence-electron chi connectivity index (χ1n) is 11.0. The van der Waals surface area contributed by atoms with E-state index in [1.807, 2.05) is 30.5 Å². The van der Waals surface area contributed by atoms with E-state index in [0.717, 1.165) is 43.9 Å². The predicted molar refractivity (Wildman–Crippen MR) is 118 cm³/mol. The summed E-state index contributed by atoms with van der Waals surface area (Å²) in [6.45, 7) is 5.73. The van der Waals surface area contributed by atoms with E-state index in [1.54, 1.807) is 35.9 Å². The largest absolute Gasteiger partial charge is 0.490 e. The van der Waals surface area contributed by atoms with E-state index in [4.69, 9.17) is 4.74 Å². The third-order valence-electron chi connectivity index (χ3n) is 6.19. The number of hydrogen-bond acceptors (Lipinski definition) is 5. The predicted octanol–water partition coefficient (Wildman–Crippen LogP) is 2.43. The highest BCUT2D eigenvalue weighted by Gasteiger charge is 2.33. The van der Waals surface area contributed by atoms with Gasteiger partial charge >= 0.3 is 0 Å². The van der Waals surface area contributed by atoms with Crippen molar-refractivity contribution in [1.82, 2.24) is 19.7 Å². The van der Waals surface area contributed by atoms with Crippen molar-refractivity contribution >= 4 is 11.8 Å². The maximum Gasteiger partial charge on any atom is 0.254 e. The number of likely N-dealkylation sites (tertiary alicyclic amines) is 1. The van der Waals surface area contributed by atoms with Gasteiger partial charge in [-0.1, -0.05) is 6.07 Å². The van der Waals surface area contributed by atoms with E-state index in [2.05, 4.69) is 16.0 Å². The molecule has 31 heavy (non-hydrogen) atoms. The molecule has 0 unspecified atom stereocenters. The number of hydrogen-bond donors (Lipinski definition) is 0. The minimum atomic E-state index is -0.432. The number of carbonyl (C=O) groups excluding carboxylic acids is 2. The number of carbonyl (C=O) groups is 2. The van der Waals surface area contributed by atoms with Crippen LogP contribution in [-0.4, -0.2) is 76.9 Å². The first-order valence-corrected chi connectivity index (χ1v) is 11.0. The standard InChI is InChI=1S/C24H30N4O3/c1-18-23(29)26(2)15-16-28(18)24(30)19-6-8-21(9-7-19)31-22-10-13-27(14-11-22)17-20-5-3-4-12-25-20/h3-9,12,18,22H,10-11,13-17H2,1-2H3/t18-/m0/s1. The molecule has 2 amide bonds. The summed E-state index contributed by atoms with van der Waals surface area (Å²) >= 11 is 0. The van der Waals surface area contributed by atoms with Gasteiger partial charge in [-0.3, -0.25) is 19.5 Å². The van der Waals surface area contributed by atoms with Crippen molar-refractivity contribution in [2.75, 3.05) is 33.2 Å². The number of nitrogens with zero attached hydrogens (tertiary/aromatic N) is 4. The molecule has 0 radical (unpaired) electrons. The summed E-state index contributed by atoms with van der Waals surface area (Å²) in [6, 6.07) is 12.9. The van der Waals surface area contributed by atoms with Gasteiger partial charge in [0.25, 0.3) is 5.91 Å². The van der Waals surface area contributed by atoms with Crippen molar-refractivity contribution in [3.8, 4) is 5.75 Å². The molecule has 7 heteroatoms. The average molecular weight is 423 g/mol. The molecular weight excluding hydrogens is 392 g/mol. The molecule has 0 spiro atoms. The number of piperidine rings is 1. The minimum Gasteiger partial charge on any atom is -0.490 e. The Kier molecular flexibility index (Phi) is 6.51. The van der Waals surface area contributed by atoms with E-state index < -0.39 is 6.04 Å². The molecule has 0 bridgehead atoms. The highest BCUT2D eigenvalue weighted by molar-refractivity contribution is 5.98. The first kappa shape index (κ1) is 21.3. The van der Waals surface area contributed by atoms with Crippen LogP contribution in [0.4, 0.5) is 0 Å². The Morgan fingerprint density at radius 1 is 1.06 bits per heavy atom.